The second-order valence-corrected chi connectivity index (χ2v) is 18.5. The Morgan fingerprint density at radius 1 is 0.569 bits per heavy atom. The summed E-state index contributed by atoms with van der Waals surface area (Å²) in [7, 11) is 0. The molecule has 6 aromatic carbocycles. The van der Waals surface area contributed by atoms with Crippen molar-refractivity contribution in [3.8, 4) is 56.3 Å². The van der Waals surface area contributed by atoms with E-state index in [1.54, 1.807) is 0 Å². The molecule has 0 aliphatic rings. The minimum atomic E-state index is -0.307. The van der Waals surface area contributed by atoms with Crippen LogP contribution in [0.1, 0.15) is 103 Å². The van der Waals surface area contributed by atoms with E-state index < -0.39 is 0 Å². The van der Waals surface area contributed by atoms with Gasteiger partial charge in [-0.15, -0.1) is 0 Å². The van der Waals surface area contributed by atoms with Gasteiger partial charge in [0.25, 0.3) is 0 Å². The predicted octanol–water partition coefficient (Wildman–Crippen LogP) is 14.8. The number of pyridine rings is 1. The second kappa shape index (κ2) is 14.7. The van der Waals surface area contributed by atoms with Gasteiger partial charge in [-0.05, 0) is 115 Å². The van der Waals surface area contributed by atoms with Crippen LogP contribution >= 0.6 is 0 Å². The number of aromatic nitrogens is 3. The van der Waals surface area contributed by atoms with Crippen LogP contribution < -0.4 is 0 Å². The summed E-state index contributed by atoms with van der Waals surface area (Å²) in [5.74, 6) is 1.41. The fourth-order valence-electron chi connectivity index (χ4n) is 8.36. The Kier molecular flexibility index (Phi) is 9.88. The highest BCUT2D eigenvalue weighted by Crippen LogP contribution is 2.47. The smallest absolute Gasteiger partial charge is 0.149 e. The van der Waals surface area contributed by atoms with Crippen molar-refractivity contribution in [1.29, 1.82) is 0 Å². The average molecular weight is 762 g/mol. The molecule has 0 saturated heterocycles. The lowest BCUT2D eigenvalue weighted by Crippen LogP contribution is -2.17. The van der Waals surface area contributed by atoms with Crippen molar-refractivity contribution in [2.45, 2.75) is 91.9 Å². The molecule has 4 nitrogen and oxygen atoms in total. The maximum absolute atomic E-state index is 12.5. The van der Waals surface area contributed by atoms with Gasteiger partial charge < -0.3 is 5.11 Å². The molecule has 292 valence electrons. The molecule has 0 radical (unpaired) electrons. The van der Waals surface area contributed by atoms with Crippen molar-refractivity contribution in [1.82, 2.24) is 14.5 Å². The molecule has 1 N–H and O–H groups in total. The number of imidazole rings is 1. The molecule has 0 aliphatic heterocycles. The molecule has 0 unspecified atom stereocenters. The Labute approximate surface area is 344 Å². The number of phenolic OH excluding ortho intramolecular Hbond substituents is 1. The number of nitrogens with zero attached hydrogens (tertiary/aromatic N) is 3. The molecule has 0 spiro atoms. The highest BCUT2D eigenvalue weighted by Gasteiger charge is 2.30. The fraction of sp³-hybridized carbons (Fsp3) is 0.259. The molecule has 0 bridgehead atoms. The van der Waals surface area contributed by atoms with Crippen molar-refractivity contribution >= 4 is 21.8 Å². The minimum absolute atomic E-state index is 0.166. The Balaban J connectivity index is 1.53. The Hall–Kier alpha value is -6.00. The zero-order valence-corrected chi connectivity index (χ0v) is 35.6. The summed E-state index contributed by atoms with van der Waals surface area (Å²) in [4.78, 5) is 10.5. The molecule has 58 heavy (non-hydrogen) atoms. The molecular formula is C54H55N3O. The molecule has 0 fully saturated rings. The van der Waals surface area contributed by atoms with Crippen molar-refractivity contribution in [3.63, 3.8) is 0 Å². The lowest BCUT2D eigenvalue weighted by Gasteiger charge is -2.28. The van der Waals surface area contributed by atoms with Crippen molar-refractivity contribution in [2.75, 3.05) is 0 Å². The van der Waals surface area contributed by atoms with Crippen LogP contribution in [-0.4, -0.2) is 19.6 Å². The summed E-state index contributed by atoms with van der Waals surface area (Å²) >= 11 is 0. The number of benzene rings is 6. The van der Waals surface area contributed by atoms with Crippen LogP contribution in [0.4, 0.5) is 0 Å². The third-order valence-electron chi connectivity index (χ3n) is 11.6. The lowest BCUT2D eigenvalue weighted by molar-refractivity contribution is 0.446. The van der Waals surface area contributed by atoms with Gasteiger partial charge in [-0.3, -0.25) is 9.55 Å². The topological polar surface area (TPSA) is 50.9 Å². The maximum Gasteiger partial charge on any atom is 0.149 e. The molecule has 0 saturated carbocycles. The summed E-state index contributed by atoms with van der Waals surface area (Å²) < 4.78 is 2.37. The van der Waals surface area contributed by atoms with E-state index in [-0.39, 0.29) is 28.4 Å². The molecule has 0 atom stereocenters. The zero-order chi connectivity index (χ0) is 41.1. The number of phenols is 1. The number of rotatable bonds is 7. The largest absolute Gasteiger partial charge is 0.507 e. The molecule has 4 heteroatoms. The third-order valence-corrected chi connectivity index (χ3v) is 11.6. The van der Waals surface area contributed by atoms with Gasteiger partial charge >= 0.3 is 0 Å². The molecular weight excluding hydrogens is 707 g/mol. The zero-order valence-electron chi connectivity index (χ0n) is 35.6. The van der Waals surface area contributed by atoms with E-state index in [4.69, 9.17) is 9.97 Å². The van der Waals surface area contributed by atoms with Gasteiger partial charge in [0.1, 0.15) is 11.6 Å². The van der Waals surface area contributed by atoms with Crippen LogP contribution in [-0.2, 0) is 10.8 Å². The summed E-state index contributed by atoms with van der Waals surface area (Å²) in [5, 5.41) is 14.8. The predicted molar refractivity (Wildman–Crippen MR) is 245 cm³/mol. The average Bonchev–Trinajstić information content (AvgIpc) is 3.59. The Bertz CT molecular complexity index is 2770. The minimum Gasteiger partial charge on any atom is -0.507 e. The third kappa shape index (κ3) is 7.00. The number of para-hydroxylation sites is 1. The molecule has 0 amide bonds. The molecule has 2 heterocycles. The molecule has 8 aromatic rings. The van der Waals surface area contributed by atoms with E-state index >= 15 is 0 Å². The molecule has 8 rings (SSSR count). The van der Waals surface area contributed by atoms with Crippen LogP contribution in [0.15, 0.2) is 134 Å². The number of hydrogen-bond donors (Lipinski definition) is 1. The molecule has 2 aromatic heterocycles. The second-order valence-electron chi connectivity index (χ2n) is 18.5. The highest BCUT2D eigenvalue weighted by molar-refractivity contribution is 6.03. The lowest BCUT2D eigenvalue weighted by atomic mass is 9.78. The van der Waals surface area contributed by atoms with Gasteiger partial charge in [0, 0.05) is 22.9 Å². The Morgan fingerprint density at radius 3 is 1.88 bits per heavy atom. The van der Waals surface area contributed by atoms with Gasteiger partial charge in [0.05, 0.1) is 28.0 Å². The van der Waals surface area contributed by atoms with E-state index in [2.05, 4.69) is 189 Å². The number of fused-ring (bicyclic) bond motifs is 2. The standard InChI is InChI=1S/C54H55N3O/c1-33(2)42-28-37(35-19-12-11-13-20-35)29-43(34(3)4)50(42)57-48-25-18-23-41(38-27-36-21-14-15-22-40(36)44(30-38)47-24-16-17-26-55-47)49(48)56-52(57)45-31-39(53(5,6)7)32-46(51(45)58)54(8,9)10/h11-34,58H,1-10H3. The summed E-state index contributed by atoms with van der Waals surface area (Å²) in [6.07, 6.45) is 1.86. The Morgan fingerprint density at radius 2 is 1.24 bits per heavy atom. The van der Waals surface area contributed by atoms with E-state index in [0.717, 1.165) is 72.4 Å². The van der Waals surface area contributed by atoms with Crippen molar-refractivity contribution in [2.24, 2.45) is 0 Å². The quantitative estimate of drug-likeness (QED) is 0.176. The van der Waals surface area contributed by atoms with Crippen LogP contribution in [0.2, 0.25) is 0 Å². The summed E-state index contributed by atoms with van der Waals surface area (Å²) in [5.41, 5.74) is 14.3. The van der Waals surface area contributed by atoms with E-state index in [0.29, 0.717) is 0 Å². The number of aromatic hydroxyl groups is 1. The summed E-state index contributed by atoms with van der Waals surface area (Å²) in [6, 6.07) is 45.5. The first-order valence-corrected chi connectivity index (χ1v) is 20.7. The monoisotopic (exact) mass is 761 g/mol. The fourth-order valence-corrected chi connectivity index (χ4v) is 8.36. The number of hydrogen-bond acceptors (Lipinski definition) is 3. The highest BCUT2D eigenvalue weighted by atomic mass is 16.3. The first kappa shape index (κ1) is 38.9. The first-order chi connectivity index (χ1) is 27.6. The van der Waals surface area contributed by atoms with E-state index in [1.807, 2.05) is 18.3 Å². The van der Waals surface area contributed by atoms with E-state index in [9.17, 15) is 5.11 Å². The molecule has 0 aliphatic carbocycles. The van der Waals surface area contributed by atoms with Crippen LogP contribution in [0.3, 0.4) is 0 Å². The van der Waals surface area contributed by atoms with Crippen LogP contribution in [0.5, 0.6) is 5.75 Å². The van der Waals surface area contributed by atoms with Crippen LogP contribution in [0, 0.1) is 0 Å². The SMILES string of the molecule is CC(C)c1cc(-c2ccccc2)cc(C(C)C)c1-n1c(-c2cc(C(C)(C)C)cc(C(C)(C)C)c2O)nc2c(-c3cc(-c4ccccn4)c4ccccc4c3)cccc21. The van der Waals surface area contributed by atoms with Gasteiger partial charge in [0.15, 0.2) is 0 Å². The van der Waals surface area contributed by atoms with Gasteiger partial charge in [0.2, 0.25) is 0 Å². The summed E-state index contributed by atoms with van der Waals surface area (Å²) in [6.45, 7) is 22.4. The normalized spacial score (nSPS) is 12.3. The first-order valence-electron chi connectivity index (χ1n) is 20.7. The van der Waals surface area contributed by atoms with E-state index in [1.165, 1.54) is 22.3 Å². The maximum atomic E-state index is 12.5. The van der Waals surface area contributed by atoms with Gasteiger partial charge in [-0.25, -0.2) is 4.98 Å². The van der Waals surface area contributed by atoms with Crippen molar-refractivity contribution < 1.29 is 5.11 Å². The van der Waals surface area contributed by atoms with Crippen LogP contribution in [0.25, 0.3) is 72.4 Å². The van der Waals surface area contributed by atoms with Gasteiger partial charge in [-0.2, -0.15) is 0 Å². The van der Waals surface area contributed by atoms with Gasteiger partial charge in [-0.1, -0.05) is 148 Å². The van der Waals surface area contributed by atoms with Crippen molar-refractivity contribution in [3.05, 3.63) is 156 Å².